The molecule has 1 aromatic carbocycles. The van der Waals surface area contributed by atoms with Gasteiger partial charge in [-0.2, -0.15) is 0 Å². The second kappa shape index (κ2) is 4.94. The second-order valence-electron chi connectivity index (χ2n) is 7.53. The molecule has 1 fully saturated rings. The van der Waals surface area contributed by atoms with Crippen LogP contribution in [0.2, 0.25) is 0 Å². The second-order valence-corrected chi connectivity index (χ2v) is 7.53. The summed E-state index contributed by atoms with van der Waals surface area (Å²) in [5.74, 6) is 0. The zero-order valence-corrected chi connectivity index (χ0v) is 13.1. The molecule has 0 spiro atoms. The first kappa shape index (κ1) is 14.6. The van der Waals surface area contributed by atoms with Gasteiger partial charge in [0.1, 0.15) is 0 Å². The van der Waals surface area contributed by atoms with Gasteiger partial charge in [0, 0.05) is 6.61 Å². The van der Waals surface area contributed by atoms with E-state index < -0.39 is 0 Å². The fourth-order valence-corrected chi connectivity index (χ4v) is 3.15. The first-order valence-electron chi connectivity index (χ1n) is 7.49. The fourth-order valence-electron chi connectivity index (χ4n) is 3.15. The maximum absolute atomic E-state index is 9.66. The summed E-state index contributed by atoms with van der Waals surface area (Å²) < 4.78 is 0. The highest BCUT2D eigenvalue weighted by Gasteiger charge is 2.37. The lowest BCUT2D eigenvalue weighted by Crippen LogP contribution is -2.36. The van der Waals surface area contributed by atoms with E-state index in [2.05, 4.69) is 46.8 Å². The minimum absolute atomic E-state index is 0.179. The molecule has 19 heavy (non-hydrogen) atoms. The third kappa shape index (κ3) is 2.86. The van der Waals surface area contributed by atoms with Crippen molar-refractivity contribution >= 4 is 0 Å². The highest BCUT2D eigenvalue weighted by Crippen LogP contribution is 2.44. The largest absolute Gasteiger partial charge is 0.396 e. The summed E-state index contributed by atoms with van der Waals surface area (Å²) >= 11 is 0. The van der Waals surface area contributed by atoms with Crippen molar-refractivity contribution in [3.05, 3.63) is 34.4 Å². The molecule has 0 radical (unpaired) electrons. The van der Waals surface area contributed by atoms with E-state index in [0.29, 0.717) is 6.61 Å². The normalized spacial score (nSPS) is 18.2. The van der Waals surface area contributed by atoms with Gasteiger partial charge in [-0.1, -0.05) is 39.3 Å². The lowest BCUT2D eigenvalue weighted by molar-refractivity contribution is 0.0447. The molecule has 0 aliphatic heterocycles. The van der Waals surface area contributed by atoms with Crippen molar-refractivity contribution in [2.45, 2.75) is 65.7 Å². The predicted molar refractivity (Wildman–Crippen MR) is 81.7 cm³/mol. The summed E-state index contributed by atoms with van der Waals surface area (Å²) in [4.78, 5) is 0. The molecule has 2 rings (SSSR count). The quantitative estimate of drug-likeness (QED) is 0.859. The predicted octanol–water partition coefficient (Wildman–Crippen LogP) is 4.31. The number of hydrogen-bond acceptors (Lipinski definition) is 1. The summed E-state index contributed by atoms with van der Waals surface area (Å²) in [6.07, 6.45) is 4.69. The Labute approximate surface area is 118 Å². The van der Waals surface area contributed by atoms with Gasteiger partial charge >= 0.3 is 0 Å². The first-order valence-corrected chi connectivity index (χ1v) is 7.49. The maximum atomic E-state index is 9.66. The zero-order valence-electron chi connectivity index (χ0n) is 13.1. The number of hydrogen-bond donors (Lipinski definition) is 1. The average Bonchev–Trinajstić information content (AvgIpc) is 2.25. The molecule has 1 heteroatoms. The van der Waals surface area contributed by atoms with Crippen LogP contribution in [0, 0.1) is 19.3 Å². The lowest BCUT2D eigenvalue weighted by atomic mass is 9.65. The van der Waals surface area contributed by atoms with Crippen LogP contribution in [0.4, 0.5) is 0 Å². The summed E-state index contributed by atoms with van der Waals surface area (Å²) in [5.41, 5.74) is 6.05. The Morgan fingerprint density at radius 2 is 1.63 bits per heavy atom. The van der Waals surface area contributed by atoms with Crippen molar-refractivity contribution in [1.29, 1.82) is 0 Å². The molecule has 1 aliphatic rings. The number of aryl methyl sites for hydroxylation is 2. The van der Waals surface area contributed by atoms with Crippen molar-refractivity contribution in [3.8, 4) is 0 Å². The summed E-state index contributed by atoms with van der Waals surface area (Å²) in [6.45, 7) is 11.6. The van der Waals surface area contributed by atoms with Crippen molar-refractivity contribution in [1.82, 2.24) is 0 Å². The van der Waals surface area contributed by atoms with Crippen LogP contribution in [0.25, 0.3) is 0 Å². The van der Waals surface area contributed by atoms with Crippen LogP contribution in [0.3, 0.4) is 0 Å². The molecule has 1 aromatic rings. The Morgan fingerprint density at radius 3 is 1.95 bits per heavy atom. The molecule has 1 nitrogen and oxygen atoms in total. The van der Waals surface area contributed by atoms with E-state index in [1.165, 1.54) is 41.5 Å². The van der Waals surface area contributed by atoms with E-state index in [1.54, 1.807) is 0 Å². The van der Waals surface area contributed by atoms with Crippen molar-refractivity contribution < 1.29 is 5.11 Å². The van der Waals surface area contributed by atoms with Gasteiger partial charge in [-0.25, -0.2) is 0 Å². The molecule has 1 N–H and O–H groups in total. The number of aliphatic hydroxyl groups is 1. The zero-order chi connectivity index (χ0) is 14.3. The molecule has 0 amide bonds. The van der Waals surface area contributed by atoms with Crippen LogP contribution in [-0.4, -0.2) is 11.7 Å². The van der Waals surface area contributed by atoms with Crippen molar-refractivity contribution in [2.24, 2.45) is 5.41 Å². The van der Waals surface area contributed by atoms with Crippen LogP contribution in [0.1, 0.15) is 62.3 Å². The van der Waals surface area contributed by atoms with Gasteiger partial charge in [0.25, 0.3) is 0 Å². The monoisotopic (exact) mass is 260 g/mol. The highest BCUT2D eigenvalue weighted by molar-refractivity contribution is 5.41. The molecule has 0 heterocycles. The maximum Gasteiger partial charge on any atom is 0.0490 e. The number of benzene rings is 1. The summed E-state index contributed by atoms with van der Waals surface area (Å²) in [6, 6.07) is 4.68. The van der Waals surface area contributed by atoms with Gasteiger partial charge in [0.15, 0.2) is 0 Å². The Bertz CT molecular complexity index is 433. The molecular formula is C18H28O. The first-order chi connectivity index (χ1) is 8.77. The molecule has 1 aliphatic carbocycles. The van der Waals surface area contributed by atoms with Gasteiger partial charge in [-0.3, -0.25) is 0 Å². The lowest BCUT2D eigenvalue weighted by Gasteiger charge is -2.41. The third-order valence-corrected chi connectivity index (χ3v) is 4.86. The van der Waals surface area contributed by atoms with Crippen LogP contribution in [-0.2, 0) is 11.8 Å². The van der Waals surface area contributed by atoms with Gasteiger partial charge in [-0.15, -0.1) is 0 Å². The highest BCUT2D eigenvalue weighted by atomic mass is 16.3. The Hall–Kier alpha value is -0.820. The Balaban J connectivity index is 2.32. The van der Waals surface area contributed by atoms with E-state index in [4.69, 9.17) is 0 Å². The molecule has 0 unspecified atom stereocenters. The Morgan fingerprint density at radius 1 is 1.11 bits per heavy atom. The number of rotatable bonds is 3. The van der Waals surface area contributed by atoms with E-state index in [-0.39, 0.29) is 10.8 Å². The minimum atomic E-state index is 0.179. The fraction of sp³-hybridized carbons (Fsp3) is 0.667. The summed E-state index contributed by atoms with van der Waals surface area (Å²) in [7, 11) is 0. The molecule has 106 valence electrons. The Kier molecular flexibility index (Phi) is 3.79. The topological polar surface area (TPSA) is 20.2 Å². The SMILES string of the molecule is Cc1cc(C(C)(C)C)cc(C)c1CC1(CO)CCC1. The molecule has 0 atom stereocenters. The van der Waals surface area contributed by atoms with Crippen LogP contribution in [0.15, 0.2) is 12.1 Å². The van der Waals surface area contributed by atoms with E-state index in [0.717, 1.165) is 6.42 Å². The molecular weight excluding hydrogens is 232 g/mol. The molecule has 0 saturated heterocycles. The average molecular weight is 260 g/mol. The van der Waals surface area contributed by atoms with Crippen molar-refractivity contribution in [2.75, 3.05) is 6.61 Å². The van der Waals surface area contributed by atoms with Gasteiger partial charge in [0.2, 0.25) is 0 Å². The third-order valence-electron chi connectivity index (χ3n) is 4.86. The number of aliphatic hydroxyl groups excluding tert-OH is 1. The molecule has 0 bridgehead atoms. The van der Waals surface area contributed by atoms with E-state index >= 15 is 0 Å². The standard InChI is InChI=1S/C18H28O/c1-13-9-15(17(3,4)5)10-14(2)16(13)11-18(12-19)7-6-8-18/h9-10,19H,6-8,11-12H2,1-5H3. The molecule has 1 saturated carbocycles. The van der Waals surface area contributed by atoms with Crippen molar-refractivity contribution in [3.63, 3.8) is 0 Å². The van der Waals surface area contributed by atoms with Gasteiger partial charge < -0.3 is 5.11 Å². The van der Waals surface area contributed by atoms with Crippen LogP contribution >= 0.6 is 0 Å². The summed E-state index contributed by atoms with van der Waals surface area (Å²) in [5, 5.41) is 9.66. The van der Waals surface area contributed by atoms with E-state index in [9.17, 15) is 5.11 Å². The smallest absolute Gasteiger partial charge is 0.0490 e. The minimum Gasteiger partial charge on any atom is -0.396 e. The molecule has 0 aromatic heterocycles. The van der Waals surface area contributed by atoms with Crippen LogP contribution in [0.5, 0.6) is 0 Å². The van der Waals surface area contributed by atoms with Gasteiger partial charge in [0.05, 0.1) is 0 Å². The van der Waals surface area contributed by atoms with Gasteiger partial charge in [-0.05, 0) is 66.2 Å². The van der Waals surface area contributed by atoms with E-state index in [1.807, 2.05) is 0 Å². The van der Waals surface area contributed by atoms with Crippen LogP contribution < -0.4 is 0 Å².